The van der Waals surface area contributed by atoms with E-state index in [-0.39, 0.29) is 6.54 Å². The Labute approximate surface area is 129 Å². The number of rotatable bonds is 4. The first-order chi connectivity index (χ1) is 10.4. The molecule has 0 aromatic carbocycles. The maximum Gasteiger partial charge on any atom is 0.407 e. The van der Waals surface area contributed by atoms with E-state index >= 15 is 0 Å². The lowest BCUT2D eigenvalue weighted by Crippen LogP contribution is -2.32. The molecule has 0 spiro atoms. The monoisotopic (exact) mass is 303 g/mol. The van der Waals surface area contributed by atoms with Crippen LogP contribution in [-0.4, -0.2) is 31.2 Å². The van der Waals surface area contributed by atoms with E-state index in [4.69, 9.17) is 4.74 Å². The highest BCUT2D eigenvalue weighted by molar-refractivity contribution is 5.67. The number of ether oxygens (including phenoxy) is 1. The molecule has 0 aliphatic carbocycles. The van der Waals surface area contributed by atoms with Gasteiger partial charge in [-0.3, -0.25) is 4.57 Å². The summed E-state index contributed by atoms with van der Waals surface area (Å²) in [5.41, 5.74) is 1.15. The number of aryl methyl sites for hydroxylation is 1. The van der Waals surface area contributed by atoms with Gasteiger partial charge in [-0.05, 0) is 33.3 Å². The van der Waals surface area contributed by atoms with Crippen LogP contribution in [0.3, 0.4) is 0 Å². The Balaban J connectivity index is 2.01. The lowest BCUT2D eigenvalue weighted by molar-refractivity contribution is 0.0523. The highest BCUT2D eigenvalue weighted by Crippen LogP contribution is 2.07. The molecular formula is C15H21N5O2. The molecule has 1 amide bonds. The Morgan fingerprint density at radius 2 is 2.09 bits per heavy atom. The molecule has 2 aromatic heterocycles. The number of amides is 1. The van der Waals surface area contributed by atoms with Gasteiger partial charge in [-0.25, -0.2) is 19.7 Å². The summed E-state index contributed by atoms with van der Waals surface area (Å²) in [6, 6.07) is 1.75. The standard InChI is InChI=1S/C15H21N5O2/c1-5-11-9-20(10-18-11)13-16-7-6-12(19-13)8-17-14(21)22-15(2,3)4/h6-7,9-10H,5,8H2,1-4H3,(H,17,21). The predicted octanol–water partition coefficient (Wildman–Crippen LogP) is 2.25. The van der Waals surface area contributed by atoms with Crippen molar-refractivity contribution in [2.45, 2.75) is 46.3 Å². The van der Waals surface area contributed by atoms with Crippen molar-refractivity contribution in [3.8, 4) is 5.95 Å². The van der Waals surface area contributed by atoms with Gasteiger partial charge in [-0.1, -0.05) is 6.92 Å². The third-order valence-electron chi connectivity index (χ3n) is 2.74. The molecule has 0 saturated carbocycles. The van der Waals surface area contributed by atoms with Gasteiger partial charge < -0.3 is 10.1 Å². The average Bonchev–Trinajstić information content (AvgIpc) is 2.93. The van der Waals surface area contributed by atoms with Crippen LogP contribution in [0.5, 0.6) is 0 Å². The summed E-state index contributed by atoms with van der Waals surface area (Å²) in [6.45, 7) is 7.77. The summed E-state index contributed by atoms with van der Waals surface area (Å²) in [4.78, 5) is 24.5. The fraction of sp³-hybridized carbons (Fsp3) is 0.467. The van der Waals surface area contributed by atoms with Crippen LogP contribution in [0.15, 0.2) is 24.8 Å². The average molecular weight is 303 g/mol. The molecule has 0 atom stereocenters. The third-order valence-corrected chi connectivity index (χ3v) is 2.74. The van der Waals surface area contributed by atoms with Crippen LogP contribution >= 0.6 is 0 Å². The minimum absolute atomic E-state index is 0.278. The summed E-state index contributed by atoms with van der Waals surface area (Å²) in [5.74, 6) is 0.524. The second kappa shape index (κ2) is 6.55. The van der Waals surface area contributed by atoms with E-state index in [0.29, 0.717) is 11.6 Å². The molecule has 0 saturated heterocycles. The van der Waals surface area contributed by atoms with E-state index in [1.165, 1.54) is 0 Å². The lowest BCUT2D eigenvalue weighted by Gasteiger charge is -2.19. The third kappa shape index (κ3) is 4.54. The summed E-state index contributed by atoms with van der Waals surface area (Å²) in [7, 11) is 0. The molecule has 0 fully saturated rings. The molecule has 0 aliphatic rings. The lowest BCUT2D eigenvalue weighted by atomic mass is 10.2. The van der Waals surface area contributed by atoms with Crippen molar-refractivity contribution in [3.05, 3.63) is 36.2 Å². The van der Waals surface area contributed by atoms with Crippen molar-refractivity contribution in [2.75, 3.05) is 0 Å². The second-order valence-electron chi connectivity index (χ2n) is 5.83. The molecule has 0 radical (unpaired) electrons. The first-order valence-corrected chi connectivity index (χ1v) is 7.19. The molecule has 118 valence electrons. The number of carbonyl (C=O) groups is 1. The van der Waals surface area contributed by atoms with Crippen molar-refractivity contribution in [3.63, 3.8) is 0 Å². The summed E-state index contributed by atoms with van der Waals surface area (Å²) in [5, 5.41) is 2.67. The van der Waals surface area contributed by atoms with Gasteiger partial charge in [0.1, 0.15) is 11.9 Å². The van der Waals surface area contributed by atoms with Crippen LogP contribution in [0.2, 0.25) is 0 Å². The van der Waals surface area contributed by atoms with Crippen LogP contribution in [0.25, 0.3) is 5.95 Å². The molecule has 1 N–H and O–H groups in total. The van der Waals surface area contributed by atoms with E-state index < -0.39 is 11.7 Å². The maximum atomic E-state index is 11.6. The number of alkyl carbamates (subject to hydrolysis) is 1. The van der Waals surface area contributed by atoms with Crippen molar-refractivity contribution >= 4 is 6.09 Å². The highest BCUT2D eigenvalue weighted by atomic mass is 16.6. The van der Waals surface area contributed by atoms with Crippen molar-refractivity contribution < 1.29 is 9.53 Å². The first-order valence-electron chi connectivity index (χ1n) is 7.19. The minimum Gasteiger partial charge on any atom is -0.444 e. The zero-order valence-corrected chi connectivity index (χ0v) is 13.3. The van der Waals surface area contributed by atoms with Crippen molar-refractivity contribution in [2.24, 2.45) is 0 Å². The first kappa shape index (κ1) is 15.9. The Kier molecular flexibility index (Phi) is 4.75. The van der Waals surface area contributed by atoms with Crippen LogP contribution in [0.4, 0.5) is 4.79 Å². The van der Waals surface area contributed by atoms with Gasteiger partial charge in [-0.15, -0.1) is 0 Å². The molecule has 2 rings (SSSR count). The van der Waals surface area contributed by atoms with E-state index in [9.17, 15) is 4.79 Å². The van der Waals surface area contributed by atoms with Crippen molar-refractivity contribution in [1.29, 1.82) is 0 Å². The minimum atomic E-state index is -0.520. The summed E-state index contributed by atoms with van der Waals surface area (Å²) >= 11 is 0. The molecule has 0 bridgehead atoms. The van der Waals surface area contributed by atoms with Crippen molar-refractivity contribution in [1.82, 2.24) is 24.8 Å². The van der Waals surface area contributed by atoms with Crippen LogP contribution in [0.1, 0.15) is 39.1 Å². The zero-order valence-electron chi connectivity index (χ0n) is 13.3. The predicted molar refractivity (Wildman–Crippen MR) is 81.6 cm³/mol. The number of imidazole rings is 1. The quantitative estimate of drug-likeness (QED) is 0.936. The number of hydrogen-bond acceptors (Lipinski definition) is 5. The van der Waals surface area contributed by atoms with Gasteiger partial charge in [0, 0.05) is 12.4 Å². The normalized spacial score (nSPS) is 11.3. The van der Waals surface area contributed by atoms with E-state index in [0.717, 1.165) is 12.1 Å². The molecule has 7 heteroatoms. The van der Waals surface area contributed by atoms with Gasteiger partial charge in [0.2, 0.25) is 5.95 Å². The molecule has 22 heavy (non-hydrogen) atoms. The number of hydrogen-bond donors (Lipinski definition) is 1. The summed E-state index contributed by atoms with van der Waals surface area (Å²) < 4.78 is 6.94. The Bertz CT molecular complexity index is 645. The summed E-state index contributed by atoms with van der Waals surface area (Å²) in [6.07, 6.45) is 5.61. The molecular weight excluding hydrogens is 282 g/mol. The van der Waals surface area contributed by atoms with Gasteiger partial charge in [0.15, 0.2) is 0 Å². The van der Waals surface area contributed by atoms with Crippen LogP contribution in [0, 0.1) is 0 Å². The smallest absolute Gasteiger partial charge is 0.407 e. The maximum absolute atomic E-state index is 11.6. The number of nitrogens with one attached hydrogen (secondary N) is 1. The number of carbonyl (C=O) groups excluding carboxylic acids is 1. The topological polar surface area (TPSA) is 81.9 Å². The largest absolute Gasteiger partial charge is 0.444 e. The van der Waals surface area contributed by atoms with E-state index in [1.807, 2.05) is 33.9 Å². The number of nitrogens with zero attached hydrogens (tertiary/aromatic N) is 4. The SMILES string of the molecule is CCc1cn(-c2nccc(CNC(=O)OC(C)(C)C)n2)cn1. The molecule has 7 nitrogen and oxygen atoms in total. The van der Waals surface area contributed by atoms with Crippen LogP contribution in [-0.2, 0) is 17.7 Å². The van der Waals surface area contributed by atoms with Gasteiger partial charge in [0.05, 0.1) is 17.9 Å². The Hall–Kier alpha value is -2.44. The number of aromatic nitrogens is 4. The Morgan fingerprint density at radius 1 is 1.32 bits per heavy atom. The second-order valence-corrected chi connectivity index (χ2v) is 5.83. The van der Waals surface area contributed by atoms with E-state index in [2.05, 4.69) is 20.3 Å². The van der Waals surface area contributed by atoms with Gasteiger partial charge in [-0.2, -0.15) is 0 Å². The van der Waals surface area contributed by atoms with Gasteiger partial charge in [0.25, 0.3) is 0 Å². The fourth-order valence-electron chi connectivity index (χ4n) is 1.74. The molecule has 0 unspecified atom stereocenters. The molecule has 0 aliphatic heterocycles. The Morgan fingerprint density at radius 3 is 2.73 bits per heavy atom. The zero-order chi connectivity index (χ0) is 16.2. The highest BCUT2D eigenvalue weighted by Gasteiger charge is 2.15. The fourth-order valence-corrected chi connectivity index (χ4v) is 1.74. The molecule has 2 heterocycles. The molecule has 2 aromatic rings. The van der Waals surface area contributed by atoms with Crippen LogP contribution < -0.4 is 5.32 Å². The van der Waals surface area contributed by atoms with Gasteiger partial charge >= 0.3 is 6.09 Å². The van der Waals surface area contributed by atoms with E-state index in [1.54, 1.807) is 23.2 Å².